The Morgan fingerprint density at radius 2 is 2.03 bits per heavy atom. The zero-order valence-electron chi connectivity index (χ0n) is 18.6. The number of hydrogen-bond acceptors (Lipinski definition) is 7. The van der Waals surface area contributed by atoms with E-state index in [1.165, 1.54) is 16.2 Å². The first kappa shape index (κ1) is 26.1. The molecule has 0 aromatic carbocycles. The Balaban J connectivity index is 0.000000221. The summed E-state index contributed by atoms with van der Waals surface area (Å²) in [4.78, 5) is 44.0. The number of aromatic carboxylic acids is 1. The summed E-state index contributed by atoms with van der Waals surface area (Å²) in [5.41, 5.74) is 5.93. The van der Waals surface area contributed by atoms with Crippen molar-refractivity contribution in [2.45, 2.75) is 58.5 Å². The van der Waals surface area contributed by atoms with Crippen molar-refractivity contribution in [3.8, 4) is 0 Å². The number of carbonyl (C=O) groups is 2. The van der Waals surface area contributed by atoms with E-state index in [0.29, 0.717) is 22.7 Å². The third-order valence-corrected chi connectivity index (χ3v) is 6.47. The number of carboxylic acid groups (broad SMARTS) is 1. The number of nitrogens with one attached hydrogen (secondary N) is 1. The predicted molar refractivity (Wildman–Crippen MR) is 126 cm³/mol. The summed E-state index contributed by atoms with van der Waals surface area (Å²) in [6.45, 7) is 7.84. The van der Waals surface area contributed by atoms with Gasteiger partial charge in [-0.25, -0.2) is 14.6 Å². The van der Waals surface area contributed by atoms with Crippen molar-refractivity contribution in [1.82, 2.24) is 14.9 Å². The summed E-state index contributed by atoms with van der Waals surface area (Å²) in [5.74, 6) is -1.05. The lowest BCUT2D eigenvalue weighted by atomic mass is 9.99. The molecular weight excluding hydrogens is 456 g/mol. The molecular formula is C21H31ClN4O5S. The molecule has 1 saturated heterocycles. The van der Waals surface area contributed by atoms with Crippen LogP contribution in [0.5, 0.6) is 0 Å². The van der Waals surface area contributed by atoms with Crippen LogP contribution in [0.4, 0.5) is 4.79 Å². The molecule has 32 heavy (non-hydrogen) atoms. The quantitative estimate of drug-likeness (QED) is 0.592. The minimum atomic E-state index is -1.20. The van der Waals surface area contributed by atoms with E-state index in [0.717, 1.165) is 50.8 Å². The standard InChI is InChI=1S/C11H22N2O2.C10H8N2O3S.ClH/c1-11(2,3)15-10(14)13-6-4-5-9(7-12)8-13;13-8-6-4-2-1-3-5(4)16-9(6)12-7(11-8)10(14)15;/h9H,4-8,12H2,1-3H3;1-3H2,(H,14,15)(H,11,12,13);1H. The molecule has 4 rings (SSSR count). The predicted octanol–water partition coefficient (Wildman–Crippen LogP) is 3.19. The summed E-state index contributed by atoms with van der Waals surface area (Å²) in [5, 5.41) is 9.37. The number of nitrogens with zero attached hydrogens (tertiary/aromatic N) is 2. The van der Waals surface area contributed by atoms with E-state index in [1.54, 1.807) is 4.90 Å². The molecule has 0 spiro atoms. The van der Waals surface area contributed by atoms with Gasteiger partial charge in [0.2, 0.25) is 5.82 Å². The number of likely N-dealkylation sites (tertiary alicyclic amines) is 1. The number of hydrogen-bond donors (Lipinski definition) is 3. The maximum Gasteiger partial charge on any atom is 0.410 e. The molecule has 0 bridgehead atoms. The van der Waals surface area contributed by atoms with Crippen LogP contribution in [0.1, 0.15) is 61.1 Å². The summed E-state index contributed by atoms with van der Waals surface area (Å²) < 4.78 is 5.32. The summed E-state index contributed by atoms with van der Waals surface area (Å²) >= 11 is 1.44. The highest BCUT2D eigenvalue weighted by Gasteiger charge is 2.27. The maximum absolute atomic E-state index is 11.8. The molecule has 11 heteroatoms. The first-order valence-corrected chi connectivity index (χ1v) is 11.4. The third kappa shape index (κ3) is 6.20. The summed E-state index contributed by atoms with van der Waals surface area (Å²) in [6, 6.07) is 0. The van der Waals surface area contributed by atoms with Crippen molar-refractivity contribution in [1.29, 1.82) is 0 Å². The molecule has 1 fully saturated rings. The number of carbonyl (C=O) groups excluding carboxylic acids is 1. The van der Waals surface area contributed by atoms with Crippen LogP contribution in [0, 0.1) is 5.92 Å². The summed E-state index contributed by atoms with van der Waals surface area (Å²) in [7, 11) is 0. The Hall–Kier alpha value is -2.17. The molecule has 0 saturated carbocycles. The fourth-order valence-electron chi connectivity index (χ4n) is 3.85. The van der Waals surface area contributed by atoms with E-state index in [-0.39, 0.29) is 29.9 Å². The molecule has 1 unspecified atom stereocenters. The molecule has 1 aliphatic heterocycles. The zero-order chi connectivity index (χ0) is 22.8. The molecule has 2 aliphatic rings. The van der Waals surface area contributed by atoms with Crippen LogP contribution in [0.25, 0.3) is 10.2 Å². The number of aromatic amines is 1. The van der Waals surface area contributed by atoms with E-state index in [9.17, 15) is 14.4 Å². The van der Waals surface area contributed by atoms with E-state index < -0.39 is 11.6 Å². The number of H-pyrrole nitrogens is 1. The second-order valence-corrected chi connectivity index (χ2v) is 10.0. The van der Waals surface area contributed by atoms with Crippen molar-refractivity contribution in [2.75, 3.05) is 19.6 Å². The van der Waals surface area contributed by atoms with Gasteiger partial charge in [-0.15, -0.1) is 23.7 Å². The zero-order valence-corrected chi connectivity index (χ0v) is 20.2. The van der Waals surface area contributed by atoms with Gasteiger partial charge in [-0.1, -0.05) is 0 Å². The molecule has 1 atom stereocenters. The van der Waals surface area contributed by atoms with Gasteiger partial charge in [0.1, 0.15) is 10.4 Å². The van der Waals surface area contributed by atoms with Crippen molar-refractivity contribution >= 4 is 46.0 Å². The lowest BCUT2D eigenvalue weighted by Gasteiger charge is -2.33. The van der Waals surface area contributed by atoms with Gasteiger partial charge in [0, 0.05) is 18.0 Å². The molecule has 1 amide bonds. The van der Waals surface area contributed by atoms with Gasteiger partial charge in [-0.3, -0.25) is 4.79 Å². The second kappa shape index (κ2) is 10.6. The lowest BCUT2D eigenvalue weighted by molar-refractivity contribution is 0.0170. The van der Waals surface area contributed by atoms with Gasteiger partial charge in [0.25, 0.3) is 5.56 Å². The fraction of sp³-hybridized carbons (Fsp3) is 0.619. The van der Waals surface area contributed by atoms with Gasteiger partial charge < -0.3 is 25.5 Å². The van der Waals surface area contributed by atoms with Crippen LogP contribution in [0.3, 0.4) is 0 Å². The Bertz CT molecular complexity index is 1030. The maximum atomic E-state index is 11.8. The highest BCUT2D eigenvalue weighted by atomic mass is 35.5. The number of carboxylic acids is 1. The Labute approximate surface area is 196 Å². The number of amides is 1. The van der Waals surface area contributed by atoms with Crippen LogP contribution in [0.2, 0.25) is 0 Å². The molecule has 178 valence electrons. The number of ether oxygens (including phenoxy) is 1. The second-order valence-electron chi connectivity index (χ2n) is 8.93. The Morgan fingerprint density at radius 1 is 1.31 bits per heavy atom. The number of fused-ring (bicyclic) bond motifs is 3. The Kier molecular flexibility index (Phi) is 8.67. The third-order valence-electron chi connectivity index (χ3n) is 5.28. The molecule has 1 aliphatic carbocycles. The number of rotatable bonds is 2. The number of halogens is 1. The monoisotopic (exact) mass is 486 g/mol. The number of nitrogens with two attached hydrogens (primary N) is 1. The van der Waals surface area contributed by atoms with Gasteiger partial charge in [-0.05, 0) is 70.9 Å². The first-order valence-electron chi connectivity index (χ1n) is 10.5. The Morgan fingerprint density at radius 3 is 2.66 bits per heavy atom. The number of aromatic nitrogens is 2. The van der Waals surface area contributed by atoms with E-state index in [2.05, 4.69) is 9.97 Å². The molecule has 9 nitrogen and oxygen atoms in total. The van der Waals surface area contributed by atoms with E-state index >= 15 is 0 Å². The SMILES string of the molecule is CC(C)(C)OC(=O)N1CCCC(CN)C1.Cl.O=C(O)c1nc2sc3c(c2c(=O)[nH]1)CCC3. The number of piperidine rings is 1. The highest BCUT2D eigenvalue weighted by molar-refractivity contribution is 7.18. The number of aryl methyl sites for hydroxylation is 2. The topological polar surface area (TPSA) is 139 Å². The summed E-state index contributed by atoms with van der Waals surface area (Å²) in [6.07, 6.45) is 4.87. The van der Waals surface area contributed by atoms with Crippen LogP contribution >= 0.6 is 23.7 Å². The first-order chi connectivity index (χ1) is 14.6. The highest BCUT2D eigenvalue weighted by Crippen LogP contribution is 2.34. The van der Waals surface area contributed by atoms with Gasteiger partial charge in [0.15, 0.2) is 0 Å². The molecule has 0 radical (unpaired) electrons. The normalized spacial score (nSPS) is 17.8. The lowest BCUT2D eigenvalue weighted by Crippen LogP contribution is -2.44. The minimum absolute atomic E-state index is 0. The molecule has 2 aromatic rings. The minimum Gasteiger partial charge on any atom is -0.475 e. The van der Waals surface area contributed by atoms with Crippen molar-refractivity contribution in [3.63, 3.8) is 0 Å². The smallest absolute Gasteiger partial charge is 0.410 e. The van der Waals surface area contributed by atoms with Crippen LogP contribution in [-0.4, -0.2) is 57.3 Å². The molecule has 2 aromatic heterocycles. The average Bonchev–Trinajstić information content (AvgIpc) is 3.28. The van der Waals surface area contributed by atoms with Gasteiger partial charge in [0.05, 0.1) is 5.39 Å². The van der Waals surface area contributed by atoms with Crippen LogP contribution in [0.15, 0.2) is 4.79 Å². The van der Waals surface area contributed by atoms with Crippen molar-refractivity contribution in [2.24, 2.45) is 11.7 Å². The van der Waals surface area contributed by atoms with Crippen molar-refractivity contribution in [3.05, 3.63) is 26.6 Å². The van der Waals surface area contributed by atoms with Gasteiger partial charge >= 0.3 is 12.1 Å². The average molecular weight is 487 g/mol. The van der Waals surface area contributed by atoms with E-state index in [4.69, 9.17) is 15.6 Å². The largest absolute Gasteiger partial charge is 0.475 e. The van der Waals surface area contributed by atoms with Crippen LogP contribution in [-0.2, 0) is 17.6 Å². The van der Waals surface area contributed by atoms with Gasteiger partial charge in [-0.2, -0.15) is 0 Å². The fourth-order valence-corrected chi connectivity index (χ4v) is 5.12. The number of thiophene rings is 1. The van der Waals surface area contributed by atoms with Crippen molar-refractivity contribution < 1.29 is 19.4 Å². The van der Waals surface area contributed by atoms with E-state index in [1.807, 2.05) is 20.8 Å². The van der Waals surface area contributed by atoms with Crippen LogP contribution < -0.4 is 11.3 Å². The molecule has 3 heterocycles. The molecule has 4 N–H and O–H groups in total.